The van der Waals surface area contributed by atoms with Crippen LogP contribution < -0.4 is 5.46 Å². The summed E-state index contributed by atoms with van der Waals surface area (Å²) in [5, 5.41) is 0. The number of ether oxygens (including phenoxy) is 1. The highest BCUT2D eigenvalue weighted by atomic mass is 19.1. The molecule has 0 bridgehead atoms. The van der Waals surface area contributed by atoms with E-state index in [9.17, 15) is 9.18 Å². The Balaban J connectivity index is 1.83. The monoisotopic (exact) mass is 351 g/mol. The smallest absolute Gasteiger partial charge is 0.411 e. The van der Waals surface area contributed by atoms with Gasteiger partial charge in [0.15, 0.2) is 0 Å². The van der Waals surface area contributed by atoms with Crippen molar-refractivity contribution in [3.63, 3.8) is 0 Å². The van der Waals surface area contributed by atoms with Crippen LogP contribution in [0.1, 0.15) is 36.9 Å². The van der Waals surface area contributed by atoms with Gasteiger partial charge in [-0.15, -0.1) is 6.58 Å². The van der Waals surface area contributed by atoms with Gasteiger partial charge >= 0.3 is 6.09 Å². The Labute approximate surface area is 154 Å². The maximum absolute atomic E-state index is 13.3. The van der Waals surface area contributed by atoms with Crippen LogP contribution in [0.25, 0.3) is 0 Å². The first-order valence-corrected chi connectivity index (χ1v) is 8.88. The molecule has 3 nitrogen and oxygen atoms in total. The normalized spacial score (nSPS) is 21.2. The summed E-state index contributed by atoms with van der Waals surface area (Å²) in [7, 11) is 2.04. The first-order valence-electron chi connectivity index (χ1n) is 8.88. The van der Waals surface area contributed by atoms with Crippen LogP contribution in [0.4, 0.5) is 9.18 Å². The zero-order chi connectivity index (χ0) is 18.7. The molecular formula is C21H23BFNO2. The van der Waals surface area contributed by atoms with E-state index < -0.39 is 5.60 Å². The van der Waals surface area contributed by atoms with Crippen molar-refractivity contribution >= 4 is 19.4 Å². The molecule has 5 heteroatoms. The van der Waals surface area contributed by atoms with Crippen molar-refractivity contribution in [2.75, 3.05) is 6.54 Å². The van der Waals surface area contributed by atoms with E-state index in [1.165, 1.54) is 17.6 Å². The lowest BCUT2D eigenvalue weighted by molar-refractivity contribution is -0.0588. The number of amides is 1. The minimum atomic E-state index is -0.782. The van der Waals surface area contributed by atoms with Crippen molar-refractivity contribution in [1.29, 1.82) is 0 Å². The van der Waals surface area contributed by atoms with Crippen molar-refractivity contribution < 1.29 is 13.9 Å². The molecule has 26 heavy (non-hydrogen) atoms. The first kappa shape index (κ1) is 18.2. The molecule has 1 heterocycles. The van der Waals surface area contributed by atoms with E-state index in [4.69, 9.17) is 4.74 Å². The van der Waals surface area contributed by atoms with Gasteiger partial charge in [0.1, 0.15) is 19.3 Å². The van der Waals surface area contributed by atoms with Gasteiger partial charge in [-0.05, 0) is 30.2 Å². The molecule has 1 fully saturated rings. The van der Waals surface area contributed by atoms with E-state index in [-0.39, 0.29) is 18.0 Å². The summed E-state index contributed by atoms with van der Waals surface area (Å²) in [4.78, 5) is 14.5. The molecule has 1 saturated heterocycles. The fourth-order valence-electron chi connectivity index (χ4n) is 3.50. The molecule has 0 aliphatic carbocycles. The number of hydrogen-bond donors (Lipinski definition) is 0. The summed E-state index contributed by atoms with van der Waals surface area (Å²) in [5.74, 6) is -0.306. The quantitative estimate of drug-likeness (QED) is 0.610. The van der Waals surface area contributed by atoms with Crippen LogP contribution in [0.3, 0.4) is 0 Å². The van der Waals surface area contributed by atoms with E-state index in [0.29, 0.717) is 19.4 Å². The van der Waals surface area contributed by atoms with Crippen LogP contribution in [0, 0.1) is 5.82 Å². The topological polar surface area (TPSA) is 29.5 Å². The Kier molecular flexibility index (Phi) is 5.17. The highest BCUT2D eigenvalue weighted by Crippen LogP contribution is 2.39. The van der Waals surface area contributed by atoms with E-state index >= 15 is 0 Å². The lowest BCUT2D eigenvalue weighted by atomic mass is 9.85. The van der Waals surface area contributed by atoms with Crippen molar-refractivity contribution in [3.8, 4) is 0 Å². The van der Waals surface area contributed by atoms with Crippen LogP contribution in [0.15, 0.2) is 61.2 Å². The highest BCUT2D eigenvalue weighted by molar-refractivity contribution is 6.32. The minimum absolute atomic E-state index is 0.0713. The molecule has 1 amide bonds. The largest absolute Gasteiger partial charge is 0.437 e. The summed E-state index contributed by atoms with van der Waals surface area (Å²) in [6.07, 6.45) is 2.52. The van der Waals surface area contributed by atoms with E-state index in [1.54, 1.807) is 23.1 Å². The average molecular weight is 351 g/mol. The molecule has 0 radical (unpaired) electrons. The molecule has 134 valence electrons. The van der Waals surface area contributed by atoms with Gasteiger partial charge in [-0.2, -0.15) is 0 Å². The SMILES string of the molecule is Bc1ccc([C@H](C)N2CC[C@](CC=C)(c3ccc(F)cc3)OC2=O)cc1. The Hall–Kier alpha value is -2.56. The molecule has 2 aromatic carbocycles. The van der Waals surface area contributed by atoms with Crippen molar-refractivity contribution in [2.45, 2.75) is 31.4 Å². The van der Waals surface area contributed by atoms with Crippen LogP contribution in [-0.4, -0.2) is 25.4 Å². The molecule has 0 aromatic heterocycles. The van der Waals surface area contributed by atoms with Gasteiger partial charge in [0, 0.05) is 19.4 Å². The summed E-state index contributed by atoms with van der Waals surface area (Å²) in [6, 6.07) is 14.3. The second-order valence-corrected chi connectivity index (χ2v) is 6.89. The number of benzene rings is 2. The zero-order valence-electron chi connectivity index (χ0n) is 15.2. The van der Waals surface area contributed by atoms with Crippen molar-refractivity contribution in [2.24, 2.45) is 0 Å². The van der Waals surface area contributed by atoms with Gasteiger partial charge in [0.25, 0.3) is 0 Å². The summed E-state index contributed by atoms with van der Waals surface area (Å²) in [5.41, 5.74) is 2.28. The lowest BCUT2D eigenvalue weighted by Crippen LogP contribution is -2.48. The molecule has 2 aromatic rings. The van der Waals surface area contributed by atoms with E-state index in [2.05, 4.69) is 6.58 Å². The standard InChI is InChI=1S/C21H23BFNO2/c1-3-12-21(17-6-10-19(23)11-7-17)13-14-24(20(25)26-21)15(2)16-4-8-18(22)9-5-16/h3-11,15H,1,12-14,22H2,2H3/t15-,21+/m0/s1. The predicted octanol–water partition coefficient (Wildman–Crippen LogP) is 3.46. The minimum Gasteiger partial charge on any atom is -0.437 e. The molecule has 0 N–H and O–H groups in total. The summed E-state index contributed by atoms with van der Waals surface area (Å²) >= 11 is 0. The van der Waals surface area contributed by atoms with Gasteiger partial charge in [0.05, 0.1) is 6.04 Å². The first-order chi connectivity index (χ1) is 12.4. The van der Waals surface area contributed by atoms with Crippen molar-refractivity contribution in [1.82, 2.24) is 4.90 Å². The lowest BCUT2D eigenvalue weighted by Gasteiger charge is -2.43. The number of carbonyl (C=O) groups is 1. The van der Waals surface area contributed by atoms with Crippen LogP contribution in [0.5, 0.6) is 0 Å². The second kappa shape index (κ2) is 7.36. The Morgan fingerprint density at radius 3 is 2.50 bits per heavy atom. The maximum atomic E-state index is 13.3. The fourth-order valence-corrected chi connectivity index (χ4v) is 3.50. The molecule has 0 spiro atoms. The molecule has 0 unspecified atom stereocenters. The molecule has 1 aliphatic heterocycles. The Morgan fingerprint density at radius 1 is 1.27 bits per heavy atom. The Morgan fingerprint density at radius 2 is 1.92 bits per heavy atom. The molecule has 3 rings (SSSR count). The van der Waals surface area contributed by atoms with Gasteiger partial charge in [-0.3, -0.25) is 0 Å². The second-order valence-electron chi connectivity index (χ2n) is 6.89. The fraction of sp³-hybridized carbons (Fsp3) is 0.286. The number of carbonyl (C=O) groups excluding carboxylic acids is 1. The van der Waals surface area contributed by atoms with Crippen LogP contribution in [-0.2, 0) is 10.3 Å². The molecule has 0 saturated carbocycles. The molecular weight excluding hydrogens is 328 g/mol. The summed E-state index contributed by atoms with van der Waals surface area (Å²) in [6.45, 7) is 6.37. The third-order valence-electron chi connectivity index (χ3n) is 5.15. The predicted molar refractivity (Wildman–Crippen MR) is 104 cm³/mol. The molecule has 1 aliphatic rings. The Bertz CT molecular complexity index is 791. The van der Waals surface area contributed by atoms with Gasteiger partial charge in [0.2, 0.25) is 0 Å². The highest BCUT2D eigenvalue weighted by Gasteiger charge is 2.42. The van der Waals surface area contributed by atoms with Crippen molar-refractivity contribution in [3.05, 3.63) is 78.1 Å². The van der Waals surface area contributed by atoms with Gasteiger partial charge in [-0.25, -0.2) is 9.18 Å². The van der Waals surface area contributed by atoms with Crippen LogP contribution in [0.2, 0.25) is 0 Å². The summed E-state index contributed by atoms with van der Waals surface area (Å²) < 4.78 is 19.2. The number of rotatable bonds is 5. The van der Waals surface area contributed by atoms with Gasteiger partial charge < -0.3 is 9.64 Å². The van der Waals surface area contributed by atoms with E-state index in [0.717, 1.165) is 11.1 Å². The zero-order valence-corrected chi connectivity index (χ0v) is 15.2. The van der Waals surface area contributed by atoms with Gasteiger partial charge in [-0.1, -0.05) is 47.9 Å². The third kappa shape index (κ3) is 3.52. The number of halogens is 1. The van der Waals surface area contributed by atoms with E-state index in [1.807, 2.05) is 39.0 Å². The average Bonchev–Trinajstić information content (AvgIpc) is 2.63. The number of cyclic esters (lactones) is 1. The van der Waals surface area contributed by atoms with Crippen LogP contribution >= 0.6 is 0 Å². The number of nitrogens with zero attached hydrogens (tertiary/aromatic N) is 1. The third-order valence-corrected chi connectivity index (χ3v) is 5.15. The number of hydrogen-bond acceptors (Lipinski definition) is 2. The maximum Gasteiger partial charge on any atom is 0.411 e. The molecule has 2 atom stereocenters.